The van der Waals surface area contributed by atoms with Crippen molar-refractivity contribution in [1.82, 2.24) is 0 Å². The van der Waals surface area contributed by atoms with Crippen LogP contribution in [0.25, 0.3) is 0 Å². The van der Waals surface area contributed by atoms with Crippen LogP contribution in [0.3, 0.4) is 0 Å². The molecular formula is C10H19B5O5S. The van der Waals surface area contributed by atoms with Crippen LogP contribution in [0.2, 0.25) is 0 Å². The minimum absolute atomic E-state index is 0.00715. The lowest BCUT2D eigenvalue weighted by Crippen LogP contribution is -2.71. The molecule has 0 fully saturated rings. The molecule has 1 aromatic rings. The van der Waals surface area contributed by atoms with E-state index in [0.717, 1.165) is 5.56 Å². The zero-order valence-electron chi connectivity index (χ0n) is 13.3. The lowest BCUT2D eigenvalue weighted by molar-refractivity contribution is -0.0544. The van der Waals surface area contributed by atoms with Crippen LogP contribution in [0, 0.1) is 6.92 Å². The van der Waals surface area contributed by atoms with E-state index >= 15 is 0 Å². The normalized spacial score (nSPS) is 16.3. The van der Waals surface area contributed by atoms with Crippen LogP contribution in [0.4, 0.5) is 0 Å². The van der Waals surface area contributed by atoms with E-state index in [0.29, 0.717) is 0 Å². The molecule has 2 N–H and O–H groups in total. The zero-order valence-corrected chi connectivity index (χ0v) is 14.2. The molecule has 1 aromatic carbocycles. The van der Waals surface area contributed by atoms with Gasteiger partial charge in [-0.05, 0) is 19.1 Å². The first-order valence-electron chi connectivity index (χ1n) is 6.68. The van der Waals surface area contributed by atoms with Crippen LogP contribution in [-0.2, 0) is 14.3 Å². The van der Waals surface area contributed by atoms with Crippen LogP contribution >= 0.6 is 0 Å². The molecule has 0 aliphatic heterocycles. The molecule has 0 saturated carbocycles. The van der Waals surface area contributed by atoms with E-state index in [1.165, 1.54) is 51.4 Å². The number of rotatable bonds is 5. The fraction of sp³-hybridized carbons (Fsp3) is 0.400. The number of aryl methyl sites for hydroxylation is 1. The highest BCUT2D eigenvalue weighted by molar-refractivity contribution is 7.86. The first kappa shape index (κ1) is 18.4. The lowest BCUT2D eigenvalue weighted by atomic mass is 9.37. The van der Waals surface area contributed by atoms with Gasteiger partial charge < -0.3 is 10.2 Å². The molecule has 1 rings (SSSR count). The molecule has 11 heteroatoms. The van der Waals surface area contributed by atoms with E-state index in [4.69, 9.17) is 4.18 Å². The number of benzene rings is 1. The summed E-state index contributed by atoms with van der Waals surface area (Å²) in [6, 6.07) is 6.22. The van der Waals surface area contributed by atoms with Crippen molar-refractivity contribution in [2.75, 3.05) is 0 Å². The Balaban J connectivity index is 3.16. The maximum Gasteiger partial charge on any atom is 0.296 e. The standard InChI is InChI=1S/C10H19B5O5S/c1-6-2-4-7(5-3-6)21(18,19)20-10(14,15)8(11,16)9(12,13)17/h2-5,16-17H,11-15H2,1H3. The Bertz CT molecular complexity index is 606. The summed E-state index contributed by atoms with van der Waals surface area (Å²) in [7, 11) is 2.95. The van der Waals surface area contributed by atoms with Crippen LogP contribution < -0.4 is 0 Å². The van der Waals surface area contributed by atoms with Crippen molar-refractivity contribution in [1.29, 1.82) is 0 Å². The van der Waals surface area contributed by atoms with Gasteiger partial charge in [-0.3, -0.25) is 4.18 Å². The second-order valence-corrected chi connectivity index (χ2v) is 8.04. The van der Waals surface area contributed by atoms with Crippen molar-refractivity contribution in [2.24, 2.45) is 0 Å². The molecule has 1 atom stereocenters. The molecule has 5 nitrogen and oxygen atoms in total. The molecule has 0 heterocycles. The summed E-state index contributed by atoms with van der Waals surface area (Å²) in [5.41, 5.74) is -0.852. The predicted molar refractivity (Wildman–Crippen MR) is 94.8 cm³/mol. The van der Waals surface area contributed by atoms with Crippen LogP contribution in [-0.4, -0.2) is 74.2 Å². The van der Waals surface area contributed by atoms with Crippen molar-refractivity contribution < 1.29 is 22.8 Å². The minimum Gasteiger partial charge on any atom is -0.406 e. The Hall–Kier alpha value is -0.625. The van der Waals surface area contributed by atoms with Gasteiger partial charge in [0.2, 0.25) is 0 Å². The van der Waals surface area contributed by atoms with Crippen LogP contribution in [0.1, 0.15) is 5.56 Å². The number of aliphatic hydroxyl groups is 2. The van der Waals surface area contributed by atoms with Gasteiger partial charge in [-0.1, -0.05) is 17.7 Å². The maximum atomic E-state index is 12.3. The first-order chi connectivity index (χ1) is 9.21. The van der Waals surface area contributed by atoms with Gasteiger partial charge in [-0.15, -0.1) is 0 Å². The molecule has 0 aliphatic rings. The highest BCUT2D eigenvalue weighted by atomic mass is 32.2. The molecule has 0 spiro atoms. The van der Waals surface area contributed by atoms with Gasteiger partial charge >= 0.3 is 0 Å². The van der Waals surface area contributed by atoms with E-state index in [2.05, 4.69) is 0 Å². The van der Waals surface area contributed by atoms with E-state index < -0.39 is 26.4 Å². The topological polar surface area (TPSA) is 83.8 Å². The molecule has 0 amide bonds. The summed E-state index contributed by atoms with van der Waals surface area (Å²) >= 11 is 0. The monoisotopic (exact) mass is 306 g/mol. The SMILES string of the molecule is BC(B)(O)C(B)(O)C(B)(B)OS(=O)(=O)c1ccc(C)cc1. The van der Waals surface area contributed by atoms with Gasteiger partial charge in [-0.25, -0.2) is 0 Å². The van der Waals surface area contributed by atoms with Gasteiger partial charge in [0.15, 0.2) is 0 Å². The molecule has 1 unspecified atom stereocenters. The summed E-state index contributed by atoms with van der Waals surface area (Å²) in [4.78, 5) is 0.00715. The third-order valence-corrected chi connectivity index (χ3v) is 5.48. The predicted octanol–water partition coefficient (Wildman–Crippen LogP) is -5.15. The molecule has 0 radical (unpaired) electrons. The van der Waals surface area contributed by atoms with E-state index in [1.807, 2.05) is 6.92 Å². The molecule has 0 saturated heterocycles. The average molecular weight is 305 g/mol. The smallest absolute Gasteiger partial charge is 0.296 e. The van der Waals surface area contributed by atoms with Gasteiger partial charge in [0.05, 0.1) is 10.4 Å². The second-order valence-electron chi connectivity index (χ2n) is 6.49. The van der Waals surface area contributed by atoms with Crippen molar-refractivity contribution >= 4 is 49.3 Å². The molecule has 0 aliphatic carbocycles. The zero-order chi connectivity index (χ0) is 16.7. The minimum atomic E-state index is -4.05. The summed E-state index contributed by atoms with van der Waals surface area (Å²) in [6.45, 7) is 1.85. The maximum absolute atomic E-state index is 12.3. The molecule has 110 valence electrons. The largest absolute Gasteiger partial charge is 0.406 e. The quantitative estimate of drug-likeness (QED) is 0.420. The Kier molecular flexibility index (Phi) is 4.86. The van der Waals surface area contributed by atoms with Crippen molar-refractivity contribution in [3.63, 3.8) is 0 Å². The van der Waals surface area contributed by atoms with Gasteiger partial charge in [0.1, 0.15) is 39.2 Å². The van der Waals surface area contributed by atoms with E-state index in [-0.39, 0.29) is 4.90 Å². The Morgan fingerprint density at radius 2 is 1.43 bits per heavy atom. The highest BCUT2D eigenvalue weighted by Gasteiger charge is 2.51. The summed E-state index contributed by atoms with van der Waals surface area (Å²) < 4.78 is 29.8. The van der Waals surface area contributed by atoms with Crippen molar-refractivity contribution in [3.8, 4) is 0 Å². The molecule has 0 bridgehead atoms. The van der Waals surface area contributed by atoms with Crippen molar-refractivity contribution in [3.05, 3.63) is 29.8 Å². The Labute approximate surface area is 130 Å². The average Bonchev–Trinajstić information content (AvgIpc) is 2.26. The van der Waals surface area contributed by atoms with E-state index in [9.17, 15) is 18.6 Å². The van der Waals surface area contributed by atoms with Crippen molar-refractivity contribution in [2.45, 2.75) is 28.1 Å². The summed E-state index contributed by atoms with van der Waals surface area (Å²) in [6.07, 6.45) is 0. The summed E-state index contributed by atoms with van der Waals surface area (Å²) in [5.74, 6) is 0. The third-order valence-electron chi connectivity index (χ3n) is 3.99. The fourth-order valence-corrected chi connectivity index (χ4v) is 3.12. The molecule has 0 aromatic heterocycles. The molecule has 21 heavy (non-hydrogen) atoms. The van der Waals surface area contributed by atoms with Gasteiger partial charge in [0.25, 0.3) is 10.1 Å². The Morgan fingerprint density at radius 1 is 1.00 bits per heavy atom. The van der Waals surface area contributed by atoms with Crippen LogP contribution in [0.5, 0.6) is 0 Å². The summed E-state index contributed by atoms with van der Waals surface area (Å²) in [5, 5.41) is 17.5. The van der Waals surface area contributed by atoms with Crippen LogP contribution in [0.15, 0.2) is 29.2 Å². The highest BCUT2D eigenvalue weighted by Crippen LogP contribution is 2.29. The Morgan fingerprint density at radius 3 is 1.81 bits per heavy atom. The lowest BCUT2D eigenvalue weighted by Gasteiger charge is -2.47. The van der Waals surface area contributed by atoms with Gasteiger partial charge in [-0.2, -0.15) is 8.42 Å². The number of hydrogen-bond acceptors (Lipinski definition) is 5. The van der Waals surface area contributed by atoms with E-state index in [1.54, 1.807) is 12.1 Å². The molecular weight excluding hydrogens is 286 g/mol. The third kappa shape index (κ3) is 3.77. The first-order valence-corrected chi connectivity index (χ1v) is 8.09. The van der Waals surface area contributed by atoms with Gasteiger partial charge in [0, 0.05) is 10.8 Å². The number of hydrogen-bond donors (Lipinski definition) is 2. The second kappa shape index (κ2) is 5.54. The fourth-order valence-electron chi connectivity index (χ4n) is 1.85.